The summed E-state index contributed by atoms with van der Waals surface area (Å²) in [5.41, 5.74) is 1.14. The van der Waals surface area contributed by atoms with E-state index in [-0.39, 0.29) is 5.92 Å². The number of nitrogens with zero attached hydrogens (tertiary/aromatic N) is 1. The van der Waals surface area contributed by atoms with Crippen LogP contribution in [0.3, 0.4) is 0 Å². The highest BCUT2D eigenvalue weighted by atomic mass is 16.4. The second-order valence-electron chi connectivity index (χ2n) is 3.84. The molecule has 0 rings (SSSR count). The molecule has 1 unspecified atom stereocenters. The lowest BCUT2D eigenvalue weighted by molar-refractivity contribution is -0.141. The van der Waals surface area contributed by atoms with Gasteiger partial charge in [-0.2, -0.15) is 0 Å². The molecule has 0 aliphatic carbocycles. The van der Waals surface area contributed by atoms with Gasteiger partial charge in [0.05, 0.1) is 5.92 Å². The molecule has 0 aromatic heterocycles. The molecule has 82 valence electrons. The number of rotatable bonds is 7. The summed E-state index contributed by atoms with van der Waals surface area (Å²) in [6, 6.07) is 0. The number of aliphatic carboxylic acids is 1. The van der Waals surface area contributed by atoms with E-state index >= 15 is 0 Å². The fourth-order valence-corrected chi connectivity index (χ4v) is 1.19. The molecule has 0 heterocycles. The minimum absolute atomic E-state index is 0.292. The van der Waals surface area contributed by atoms with Crippen LogP contribution >= 0.6 is 0 Å². The Morgan fingerprint density at radius 3 is 2.50 bits per heavy atom. The molecule has 0 spiro atoms. The largest absolute Gasteiger partial charge is 0.481 e. The summed E-state index contributed by atoms with van der Waals surface area (Å²) in [5, 5.41) is 8.76. The molecule has 1 N–H and O–H groups in total. The van der Waals surface area contributed by atoms with Gasteiger partial charge in [0, 0.05) is 13.1 Å². The second kappa shape index (κ2) is 6.60. The van der Waals surface area contributed by atoms with Gasteiger partial charge in [0.25, 0.3) is 0 Å². The van der Waals surface area contributed by atoms with Crippen molar-refractivity contribution in [1.29, 1.82) is 0 Å². The third kappa shape index (κ3) is 5.75. The van der Waals surface area contributed by atoms with Crippen LogP contribution in [-0.2, 0) is 4.79 Å². The van der Waals surface area contributed by atoms with Gasteiger partial charge < -0.3 is 10.0 Å². The summed E-state index contributed by atoms with van der Waals surface area (Å²) in [5.74, 6) is -1.01. The molecule has 1 atom stereocenters. The van der Waals surface area contributed by atoms with Crippen molar-refractivity contribution in [1.82, 2.24) is 4.90 Å². The van der Waals surface area contributed by atoms with Crippen molar-refractivity contribution in [3.8, 4) is 0 Å². The van der Waals surface area contributed by atoms with E-state index in [9.17, 15) is 4.79 Å². The van der Waals surface area contributed by atoms with Crippen molar-refractivity contribution in [2.75, 3.05) is 19.6 Å². The van der Waals surface area contributed by atoms with E-state index in [1.165, 1.54) is 0 Å². The molecular weight excluding hydrogens is 178 g/mol. The lowest BCUT2D eigenvalue weighted by Gasteiger charge is -2.22. The van der Waals surface area contributed by atoms with Crippen LogP contribution in [0.4, 0.5) is 0 Å². The highest BCUT2D eigenvalue weighted by molar-refractivity contribution is 5.69. The Morgan fingerprint density at radius 1 is 1.57 bits per heavy atom. The van der Waals surface area contributed by atoms with Crippen molar-refractivity contribution >= 4 is 5.97 Å². The first-order valence-corrected chi connectivity index (χ1v) is 5.06. The standard InChI is InChI=1S/C11H21NO2/c1-5-12(7-6-9(2)3)8-10(4)11(13)14/h10H,2,5-8H2,1,3-4H3,(H,13,14). The van der Waals surface area contributed by atoms with Gasteiger partial charge in [-0.3, -0.25) is 4.79 Å². The van der Waals surface area contributed by atoms with E-state index in [1.54, 1.807) is 6.92 Å². The zero-order valence-electron chi connectivity index (χ0n) is 9.42. The average Bonchev–Trinajstić information content (AvgIpc) is 2.11. The third-order valence-electron chi connectivity index (χ3n) is 2.26. The van der Waals surface area contributed by atoms with E-state index in [0.717, 1.165) is 25.1 Å². The van der Waals surface area contributed by atoms with Crippen LogP contribution in [0.2, 0.25) is 0 Å². The van der Waals surface area contributed by atoms with E-state index in [1.807, 2.05) is 13.8 Å². The minimum Gasteiger partial charge on any atom is -0.481 e. The maximum absolute atomic E-state index is 10.6. The molecule has 0 saturated carbocycles. The summed E-state index contributed by atoms with van der Waals surface area (Å²) in [6.45, 7) is 12.0. The first-order valence-electron chi connectivity index (χ1n) is 5.06. The second-order valence-corrected chi connectivity index (χ2v) is 3.84. The molecule has 0 aliphatic heterocycles. The zero-order valence-corrected chi connectivity index (χ0v) is 9.42. The van der Waals surface area contributed by atoms with Crippen LogP contribution in [0.5, 0.6) is 0 Å². The van der Waals surface area contributed by atoms with Gasteiger partial charge in [0.2, 0.25) is 0 Å². The third-order valence-corrected chi connectivity index (χ3v) is 2.26. The number of carboxylic acids is 1. The number of carbonyl (C=O) groups is 1. The molecule has 0 aliphatic rings. The molecule has 0 fully saturated rings. The Hall–Kier alpha value is -0.830. The molecule has 0 radical (unpaired) electrons. The maximum Gasteiger partial charge on any atom is 0.307 e. The van der Waals surface area contributed by atoms with Crippen LogP contribution in [0, 0.1) is 5.92 Å². The number of hydrogen-bond acceptors (Lipinski definition) is 2. The van der Waals surface area contributed by atoms with Crippen molar-refractivity contribution in [3.63, 3.8) is 0 Å². The van der Waals surface area contributed by atoms with Crippen molar-refractivity contribution in [3.05, 3.63) is 12.2 Å². The first kappa shape index (κ1) is 13.2. The quantitative estimate of drug-likeness (QED) is 0.637. The van der Waals surface area contributed by atoms with Gasteiger partial charge in [-0.05, 0) is 19.9 Å². The first-order chi connectivity index (χ1) is 6.47. The Morgan fingerprint density at radius 2 is 2.14 bits per heavy atom. The minimum atomic E-state index is -0.723. The monoisotopic (exact) mass is 199 g/mol. The lowest BCUT2D eigenvalue weighted by Crippen LogP contribution is -2.32. The van der Waals surface area contributed by atoms with Gasteiger partial charge in [-0.1, -0.05) is 19.4 Å². The number of hydrogen-bond donors (Lipinski definition) is 1. The van der Waals surface area contributed by atoms with Gasteiger partial charge in [-0.25, -0.2) is 0 Å². The average molecular weight is 199 g/mol. The zero-order chi connectivity index (χ0) is 11.1. The van der Waals surface area contributed by atoms with Gasteiger partial charge in [0.1, 0.15) is 0 Å². The number of carboxylic acid groups (broad SMARTS) is 1. The van der Waals surface area contributed by atoms with Gasteiger partial charge in [0.15, 0.2) is 0 Å². The predicted octanol–water partition coefficient (Wildman–Crippen LogP) is 2.00. The van der Waals surface area contributed by atoms with E-state index in [4.69, 9.17) is 5.11 Å². The molecule has 14 heavy (non-hydrogen) atoms. The molecule has 0 saturated heterocycles. The van der Waals surface area contributed by atoms with Gasteiger partial charge >= 0.3 is 5.97 Å². The van der Waals surface area contributed by atoms with Crippen molar-refractivity contribution < 1.29 is 9.90 Å². The normalized spacial score (nSPS) is 12.9. The molecular formula is C11H21NO2. The van der Waals surface area contributed by atoms with Crippen LogP contribution in [0.15, 0.2) is 12.2 Å². The molecule has 3 heteroatoms. The molecule has 0 amide bonds. The Balaban J connectivity index is 3.90. The van der Waals surface area contributed by atoms with Crippen LogP contribution < -0.4 is 0 Å². The Kier molecular flexibility index (Phi) is 6.21. The van der Waals surface area contributed by atoms with E-state index < -0.39 is 5.97 Å². The highest BCUT2D eigenvalue weighted by Gasteiger charge is 2.14. The van der Waals surface area contributed by atoms with Crippen molar-refractivity contribution in [2.45, 2.75) is 27.2 Å². The SMILES string of the molecule is C=C(C)CCN(CC)CC(C)C(=O)O. The summed E-state index contributed by atoms with van der Waals surface area (Å²) in [4.78, 5) is 12.8. The maximum atomic E-state index is 10.6. The molecule has 3 nitrogen and oxygen atoms in total. The van der Waals surface area contributed by atoms with E-state index in [0.29, 0.717) is 6.54 Å². The Labute approximate surface area is 86.4 Å². The van der Waals surface area contributed by atoms with Gasteiger partial charge in [-0.15, -0.1) is 6.58 Å². The van der Waals surface area contributed by atoms with Crippen LogP contribution in [0.1, 0.15) is 27.2 Å². The summed E-state index contributed by atoms with van der Waals surface area (Å²) in [6.07, 6.45) is 0.945. The summed E-state index contributed by atoms with van der Waals surface area (Å²) >= 11 is 0. The fourth-order valence-electron chi connectivity index (χ4n) is 1.19. The topological polar surface area (TPSA) is 40.5 Å². The molecule has 0 aromatic carbocycles. The Bertz CT molecular complexity index is 201. The highest BCUT2D eigenvalue weighted by Crippen LogP contribution is 2.04. The van der Waals surface area contributed by atoms with E-state index in [2.05, 4.69) is 11.5 Å². The fraction of sp³-hybridized carbons (Fsp3) is 0.727. The molecule has 0 aromatic rings. The predicted molar refractivity (Wildman–Crippen MR) is 58.3 cm³/mol. The van der Waals surface area contributed by atoms with Crippen LogP contribution in [0.25, 0.3) is 0 Å². The molecule has 0 bridgehead atoms. The smallest absolute Gasteiger partial charge is 0.307 e. The van der Waals surface area contributed by atoms with Crippen LogP contribution in [-0.4, -0.2) is 35.6 Å². The van der Waals surface area contributed by atoms with Crippen molar-refractivity contribution in [2.24, 2.45) is 5.92 Å². The summed E-state index contributed by atoms with van der Waals surface area (Å²) in [7, 11) is 0. The lowest BCUT2D eigenvalue weighted by atomic mass is 10.1. The summed E-state index contributed by atoms with van der Waals surface area (Å²) < 4.78 is 0.